The van der Waals surface area contributed by atoms with Crippen molar-refractivity contribution in [2.24, 2.45) is 0 Å². The third-order valence-corrected chi connectivity index (χ3v) is 5.14. The SMILES string of the molecule is CCCCCCOc1ccc(C(=O)NC(Cc2ccccc2)C(=O)OC)cc1Br. The van der Waals surface area contributed by atoms with Gasteiger partial charge in [-0.3, -0.25) is 4.79 Å². The molecule has 0 aliphatic rings. The average Bonchev–Trinajstić information content (AvgIpc) is 2.74. The first-order chi connectivity index (χ1) is 14.0. The molecule has 1 amide bonds. The number of rotatable bonds is 11. The lowest BCUT2D eigenvalue weighted by molar-refractivity contribution is -0.142. The number of hydrogen-bond donors (Lipinski definition) is 1. The van der Waals surface area contributed by atoms with Crippen LogP contribution in [0.3, 0.4) is 0 Å². The van der Waals surface area contributed by atoms with Crippen molar-refractivity contribution < 1.29 is 19.1 Å². The standard InChI is InChI=1S/C23H28BrNO4/c1-3-4-5-9-14-29-21-13-12-18(16-19(21)24)22(26)25-20(23(27)28-2)15-17-10-7-6-8-11-17/h6-8,10-13,16,20H,3-5,9,14-15H2,1-2H3,(H,25,26). The van der Waals surface area contributed by atoms with Gasteiger partial charge in [-0.1, -0.05) is 56.5 Å². The van der Waals surface area contributed by atoms with Gasteiger partial charge in [0.2, 0.25) is 0 Å². The second kappa shape index (κ2) is 12.3. The van der Waals surface area contributed by atoms with E-state index < -0.39 is 12.0 Å². The topological polar surface area (TPSA) is 64.6 Å². The van der Waals surface area contributed by atoms with Crippen LogP contribution in [0.4, 0.5) is 0 Å². The van der Waals surface area contributed by atoms with Crippen LogP contribution in [-0.4, -0.2) is 31.6 Å². The summed E-state index contributed by atoms with van der Waals surface area (Å²) < 4.78 is 11.3. The van der Waals surface area contributed by atoms with Gasteiger partial charge in [-0.2, -0.15) is 0 Å². The maximum atomic E-state index is 12.7. The van der Waals surface area contributed by atoms with Crippen LogP contribution in [0.25, 0.3) is 0 Å². The molecule has 156 valence electrons. The Morgan fingerprint density at radius 1 is 1.07 bits per heavy atom. The fourth-order valence-corrected chi connectivity index (χ4v) is 3.39. The number of unbranched alkanes of at least 4 members (excludes halogenated alkanes) is 3. The first-order valence-electron chi connectivity index (χ1n) is 9.90. The highest BCUT2D eigenvalue weighted by Gasteiger charge is 2.23. The third kappa shape index (κ3) is 7.54. The van der Waals surface area contributed by atoms with Crippen LogP contribution < -0.4 is 10.1 Å². The largest absolute Gasteiger partial charge is 0.492 e. The lowest BCUT2D eigenvalue weighted by Gasteiger charge is -2.17. The molecule has 0 spiro atoms. The molecular formula is C23H28BrNO4. The highest BCUT2D eigenvalue weighted by Crippen LogP contribution is 2.26. The predicted octanol–water partition coefficient (Wildman–Crippen LogP) is 4.92. The van der Waals surface area contributed by atoms with Gasteiger partial charge in [-0.25, -0.2) is 4.79 Å². The molecule has 0 aliphatic carbocycles. The van der Waals surface area contributed by atoms with Crippen LogP contribution in [0.5, 0.6) is 5.75 Å². The van der Waals surface area contributed by atoms with Gasteiger partial charge in [-0.15, -0.1) is 0 Å². The van der Waals surface area contributed by atoms with Crippen molar-refractivity contribution in [3.8, 4) is 5.75 Å². The Balaban J connectivity index is 2.00. The van der Waals surface area contributed by atoms with Gasteiger partial charge >= 0.3 is 5.97 Å². The van der Waals surface area contributed by atoms with Crippen molar-refractivity contribution in [2.75, 3.05) is 13.7 Å². The number of esters is 1. The quantitative estimate of drug-likeness (QED) is 0.380. The zero-order chi connectivity index (χ0) is 21.1. The van der Waals surface area contributed by atoms with Crippen molar-refractivity contribution >= 4 is 27.8 Å². The van der Waals surface area contributed by atoms with E-state index in [2.05, 4.69) is 28.2 Å². The first-order valence-corrected chi connectivity index (χ1v) is 10.7. The minimum atomic E-state index is -0.761. The summed E-state index contributed by atoms with van der Waals surface area (Å²) in [5.74, 6) is -0.119. The summed E-state index contributed by atoms with van der Waals surface area (Å²) in [4.78, 5) is 24.8. The van der Waals surface area contributed by atoms with Crippen LogP contribution in [0.15, 0.2) is 53.0 Å². The Bertz CT molecular complexity index is 795. The number of benzene rings is 2. The van der Waals surface area contributed by atoms with Gasteiger partial charge < -0.3 is 14.8 Å². The minimum absolute atomic E-state index is 0.341. The van der Waals surface area contributed by atoms with Gasteiger partial charge in [0.15, 0.2) is 0 Å². The molecular weight excluding hydrogens is 434 g/mol. The van der Waals surface area contributed by atoms with Crippen LogP contribution in [0.1, 0.15) is 48.5 Å². The maximum absolute atomic E-state index is 12.7. The lowest BCUT2D eigenvalue weighted by atomic mass is 10.1. The van der Waals surface area contributed by atoms with Gasteiger partial charge in [-0.05, 0) is 46.1 Å². The molecule has 0 aromatic heterocycles. The van der Waals surface area contributed by atoms with Gasteiger partial charge in [0.25, 0.3) is 5.91 Å². The molecule has 1 unspecified atom stereocenters. The molecule has 0 aliphatic heterocycles. The molecule has 0 saturated carbocycles. The van der Waals surface area contributed by atoms with Crippen molar-refractivity contribution in [3.05, 3.63) is 64.1 Å². The summed E-state index contributed by atoms with van der Waals surface area (Å²) in [5.41, 5.74) is 1.38. The second-order valence-corrected chi connectivity index (χ2v) is 7.65. The average molecular weight is 462 g/mol. The fourth-order valence-electron chi connectivity index (χ4n) is 2.90. The minimum Gasteiger partial charge on any atom is -0.492 e. The number of carbonyl (C=O) groups excluding carboxylic acids is 2. The predicted molar refractivity (Wildman–Crippen MR) is 117 cm³/mol. The zero-order valence-electron chi connectivity index (χ0n) is 16.9. The summed E-state index contributed by atoms with van der Waals surface area (Å²) in [5, 5.41) is 2.77. The third-order valence-electron chi connectivity index (χ3n) is 4.52. The maximum Gasteiger partial charge on any atom is 0.328 e. The van der Waals surface area contributed by atoms with E-state index in [0.717, 1.165) is 18.4 Å². The van der Waals surface area contributed by atoms with Gasteiger partial charge in [0.05, 0.1) is 18.2 Å². The fraction of sp³-hybridized carbons (Fsp3) is 0.391. The number of halogens is 1. The van der Waals surface area contributed by atoms with E-state index in [1.165, 1.54) is 20.0 Å². The number of methoxy groups -OCH3 is 1. The zero-order valence-corrected chi connectivity index (χ0v) is 18.5. The molecule has 0 heterocycles. The molecule has 2 aromatic rings. The van der Waals surface area contributed by atoms with Crippen molar-refractivity contribution in [2.45, 2.75) is 45.1 Å². The summed E-state index contributed by atoms with van der Waals surface area (Å²) in [6.07, 6.45) is 4.89. The van der Waals surface area contributed by atoms with Crippen LogP contribution in [0.2, 0.25) is 0 Å². The smallest absolute Gasteiger partial charge is 0.328 e. The molecule has 29 heavy (non-hydrogen) atoms. The highest BCUT2D eigenvalue weighted by atomic mass is 79.9. The van der Waals surface area contributed by atoms with Gasteiger partial charge in [0.1, 0.15) is 11.8 Å². The summed E-state index contributed by atoms with van der Waals surface area (Å²) >= 11 is 3.46. The van der Waals surface area contributed by atoms with Crippen LogP contribution >= 0.6 is 15.9 Å². The van der Waals surface area contributed by atoms with E-state index in [9.17, 15) is 9.59 Å². The van der Waals surface area contributed by atoms with Crippen molar-refractivity contribution in [1.29, 1.82) is 0 Å². The number of amides is 1. The molecule has 1 atom stereocenters. The normalized spacial score (nSPS) is 11.6. The Kier molecular flexibility index (Phi) is 9.71. The Morgan fingerprint density at radius 3 is 2.48 bits per heavy atom. The lowest BCUT2D eigenvalue weighted by Crippen LogP contribution is -2.43. The van der Waals surface area contributed by atoms with Crippen LogP contribution in [-0.2, 0) is 16.0 Å². The Morgan fingerprint density at radius 2 is 1.83 bits per heavy atom. The Labute approximate surface area is 180 Å². The van der Waals surface area contributed by atoms with E-state index in [1.807, 2.05) is 30.3 Å². The molecule has 5 nitrogen and oxygen atoms in total. The number of ether oxygens (including phenoxy) is 2. The number of carbonyl (C=O) groups is 2. The van der Waals surface area contributed by atoms with E-state index in [-0.39, 0.29) is 5.91 Å². The molecule has 0 bridgehead atoms. The van der Waals surface area contributed by atoms with Gasteiger partial charge in [0, 0.05) is 12.0 Å². The van der Waals surface area contributed by atoms with Crippen molar-refractivity contribution in [3.63, 3.8) is 0 Å². The first kappa shape index (κ1) is 22.9. The van der Waals surface area contributed by atoms with E-state index in [4.69, 9.17) is 9.47 Å². The van der Waals surface area contributed by atoms with E-state index in [0.29, 0.717) is 28.8 Å². The molecule has 2 aromatic carbocycles. The molecule has 6 heteroatoms. The molecule has 0 fully saturated rings. The van der Waals surface area contributed by atoms with E-state index >= 15 is 0 Å². The summed E-state index contributed by atoms with van der Waals surface area (Å²) in [6.45, 7) is 2.82. The Hall–Kier alpha value is -2.34. The molecule has 0 radical (unpaired) electrons. The summed E-state index contributed by atoms with van der Waals surface area (Å²) in [6, 6.07) is 13.9. The second-order valence-electron chi connectivity index (χ2n) is 6.79. The molecule has 0 saturated heterocycles. The highest BCUT2D eigenvalue weighted by molar-refractivity contribution is 9.10. The molecule has 1 N–H and O–H groups in total. The monoisotopic (exact) mass is 461 g/mol. The number of hydrogen-bond acceptors (Lipinski definition) is 4. The van der Waals surface area contributed by atoms with E-state index in [1.54, 1.807) is 18.2 Å². The van der Waals surface area contributed by atoms with Crippen molar-refractivity contribution in [1.82, 2.24) is 5.32 Å². The molecule has 2 rings (SSSR count). The number of nitrogens with one attached hydrogen (secondary N) is 1. The van der Waals surface area contributed by atoms with Crippen LogP contribution in [0, 0.1) is 0 Å². The summed E-state index contributed by atoms with van der Waals surface area (Å²) in [7, 11) is 1.32.